The van der Waals surface area contributed by atoms with Gasteiger partial charge in [0.05, 0.1) is 12.9 Å². The lowest BCUT2D eigenvalue weighted by Gasteiger charge is -2.25. The van der Waals surface area contributed by atoms with Crippen molar-refractivity contribution in [1.29, 1.82) is 0 Å². The molecule has 5 heteroatoms. The monoisotopic (exact) mass is 325 g/mol. The summed E-state index contributed by atoms with van der Waals surface area (Å²) in [6, 6.07) is 11.1. The Hall–Kier alpha value is -2.43. The predicted molar refractivity (Wildman–Crippen MR) is 90.8 cm³/mol. The first-order valence-electron chi connectivity index (χ1n) is 7.19. The van der Waals surface area contributed by atoms with Crippen LogP contribution in [0.25, 0.3) is 6.08 Å². The number of pyridine rings is 1. The Labute approximate surface area is 139 Å². The lowest BCUT2D eigenvalue weighted by Crippen LogP contribution is -2.28. The van der Waals surface area contributed by atoms with Crippen LogP contribution in [0.3, 0.4) is 0 Å². The zero-order valence-electron chi connectivity index (χ0n) is 12.4. The van der Waals surface area contributed by atoms with Gasteiger partial charge >= 0.3 is 0 Å². The molecule has 3 rings (SSSR count). The summed E-state index contributed by atoms with van der Waals surface area (Å²) in [6.07, 6.45) is 12.2. The molecule has 2 aromatic heterocycles. The highest BCUT2D eigenvalue weighted by Crippen LogP contribution is 2.25. The van der Waals surface area contributed by atoms with Crippen LogP contribution in [0.2, 0.25) is 5.02 Å². The van der Waals surface area contributed by atoms with Crippen molar-refractivity contribution in [2.45, 2.75) is 12.1 Å². The molecular weight excluding hydrogens is 310 g/mol. The van der Waals surface area contributed by atoms with E-state index in [1.54, 1.807) is 31.0 Å². The second kappa shape index (κ2) is 6.77. The van der Waals surface area contributed by atoms with Crippen LogP contribution >= 0.6 is 11.6 Å². The molecule has 4 nitrogen and oxygen atoms in total. The van der Waals surface area contributed by atoms with Crippen LogP contribution in [0.5, 0.6) is 0 Å². The highest BCUT2D eigenvalue weighted by atomic mass is 35.5. The van der Waals surface area contributed by atoms with E-state index >= 15 is 0 Å². The first-order chi connectivity index (χ1) is 11.2. The standard InChI is InChI=1S/C18H16ClN3O/c19-17-5-3-15(4-6-17)7-8-18(23,13-22-11-10-21-14-22)16-2-1-9-20-12-16/h1-12,14,23H,13H2/b8-7+/t18-/m1/s1. The summed E-state index contributed by atoms with van der Waals surface area (Å²) in [6.45, 7) is 0.350. The van der Waals surface area contributed by atoms with Gasteiger partial charge in [-0.1, -0.05) is 35.9 Å². The molecule has 0 aliphatic rings. The van der Waals surface area contributed by atoms with Crippen molar-refractivity contribution in [3.63, 3.8) is 0 Å². The molecule has 0 radical (unpaired) electrons. The van der Waals surface area contributed by atoms with Gasteiger partial charge in [-0.15, -0.1) is 0 Å². The van der Waals surface area contributed by atoms with Crippen LogP contribution in [-0.2, 0) is 12.1 Å². The maximum Gasteiger partial charge on any atom is 0.127 e. The molecule has 23 heavy (non-hydrogen) atoms. The Kier molecular flexibility index (Phi) is 4.55. The summed E-state index contributed by atoms with van der Waals surface area (Å²) in [5.74, 6) is 0. The molecule has 0 aliphatic carbocycles. The van der Waals surface area contributed by atoms with E-state index < -0.39 is 5.60 Å². The molecule has 0 saturated carbocycles. The van der Waals surface area contributed by atoms with Crippen LogP contribution in [-0.4, -0.2) is 19.6 Å². The van der Waals surface area contributed by atoms with E-state index in [0.717, 1.165) is 11.1 Å². The van der Waals surface area contributed by atoms with E-state index in [2.05, 4.69) is 9.97 Å². The van der Waals surface area contributed by atoms with Crippen LogP contribution in [0.1, 0.15) is 11.1 Å². The molecule has 0 unspecified atom stereocenters. The van der Waals surface area contributed by atoms with Gasteiger partial charge in [0, 0.05) is 35.4 Å². The van der Waals surface area contributed by atoms with Crippen molar-refractivity contribution in [3.05, 3.63) is 89.7 Å². The molecule has 3 aromatic rings. The summed E-state index contributed by atoms with van der Waals surface area (Å²) in [4.78, 5) is 8.14. The van der Waals surface area contributed by atoms with Gasteiger partial charge < -0.3 is 9.67 Å². The van der Waals surface area contributed by atoms with Gasteiger partial charge in [-0.3, -0.25) is 4.98 Å². The second-order valence-electron chi connectivity index (χ2n) is 5.29. The lowest BCUT2D eigenvalue weighted by atomic mass is 9.93. The largest absolute Gasteiger partial charge is 0.379 e. The first kappa shape index (κ1) is 15.5. The smallest absolute Gasteiger partial charge is 0.127 e. The third kappa shape index (κ3) is 3.86. The minimum atomic E-state index is -1.19. The van der Waals surface area contributed by atoms with E-state index in [0.29, 0.717) is 11.6 Å². The van der Waals surface area contributed by atoms with E-state index in [4.69, 9.17) is 11.6 Å². The minimum absolute atomic E-state index is 0.350. The summed E-state index contributed by atoms with van der Waals surface area (Å²) in [7, 11) is 0. The molecule has 1 N–H and O–H groups in total. The van der Waals surface area contributed by atoms with Crippen molar-refractivity contribution in [2.24, 2.45) is 0 Å². The van der Waals surface area contributed by atoms with Gasteiger partial charge in [0.25, 0.3) is 0 Å². The van der Waals surface area contributed by atoms with Crippen LogP contribution in [0.4, 0.5) is 0 Å². The molecule has 2 heterocycles. The second-order valence-corrected chi connectivity index (χ2v) is 5.72. The first-order valence-corrected chi connectivity index (χ1v) is 7.57. The Morgan fingerprint density at radius 2 is 1.96 bits per heavy atom. The number of nitrogens with zero attached hydrogens (tertiary/aromatic N) is 3. The fourth-order valence-electron chi connectivity index (χ4n) is 2.33. The number of halogens is 1. The van der Waals surface area contributed by atoms with Crippen LogP contribution in [0.15, 0.2) is 73.6 Å². The number of aliphatic hydroxyl groups is 1. The predicted octanol–water partition coefficient (Wildman–Crippen LogP) is 3.53. The SMILES string of the molecule is O[C@](/C=C/c1ccc(Cl)cc1)(Cn1ccnc1)c1cccnc1. The molecule has 0 aliphatic heterocycles. The molecule has 0 saturated heterocycles. The van der Waals surface area contributed by atoms with Crippen molar-refractivity contribution >= 4 is 17.7 Å². The lowest BCUT2D eigenvalue weighted by molar-refractivity contribution is 0.0701. The van der Waals surface area contributed by atoms with Gasteiger partial charge in [0.15, 0.2) is 0 Å². The Morgan fingerprint density at radius 3 is 2.61 bits per heavy atom. The quantitative estimate of drug-likeness (QED) is 0.780. The summed E-state index contributed by atoms with van der Waals surface area (Å²) >= 11 is 5.90. The molecule has 116 valence electrons. The Bertz CT molecular complexity index is 770. The molecule has 0 bridgehead atoms. The highest BCUT2D eigenvalue weighted by Gasteiger charge is 2.27. The van der Waals surface area contributed by atoms with Crippen LogP contribution < -0.4 is 0 Å². The number of imidazole rings is 1. The van der Waals surface area contributed by atoms with Gasteiger partial charge in [-0.05, 0) is 29.8 Å². The van der Waals surface area contributed by atoms with E-state index in [1.165, 1.54) is 0 Å². The average Bonchev–Trinajstić information content (AvgIpc) is 3.08. The van der Waals surface area contributed by atoms with Gasteiger partial charge in [0.2, 0.25) is 0 Å². The van der Waals surface area contributed by atoms with Crippen molar-refractivity contribution in [2.75, 3.05) is 0 Å². The minimum Gasteiger partial charge on any atom is -0.379 e. The maximum absolute atomic E-state index is 11.2. The van der Waals surface area contributed by atoms with Crippen LogP contribution in [0, 0.1) is 0 Å². The van der Waals surface area contributed by atoms with Gasteiger partial charge in [-0.2, -0.15) is 0 Å². The number of aromatic nitrogens is 3. The number of rotatable bonds is 5. The molecule has 1 atom stereocenters. The zero-order chi connectivity index (χ0) is 16.1. The highest BCUT2D eigenvalue weighted by molar-refractivity contribution is 6.30. The Morgan fingerprint density at radius 1 is 1.13 bits per heavy atom. The average molecular weight is 326 g/mol. The molecule has 0 fully saturated rings. The fourth-order valence-corrected chi connectivity index (χ4v) is 2.45. The molecule has 0 spiro atoms. The van der Waals surface area contributed by atoms with E-state index in [-0.39, 0.29) is 0 Å². The van der Waals surface area contributed by atoms with Crippen molar-refractivity contribution in [3.8, 4) is 0 Å². The van der Waals surface area contributed by atoms with E-state index in [1.807, 2.05) is 53.2 Å². The Balaban J connectivity index is 1.93. The third-order valence-electron chi connectivity index (χ3n) is 3.57. The maximum atomic E-state index is 11.2. The summed E-state index contributed by atoms with van der Waals surface area (Å²) in [5.41, 5.74) is 0.496. The van der Waals surface area contributed by atoms with Gasteiger partial charge in [-0.25, -0.2) is 4.98 Å². The number of benzene rings is 1. The third-order valence-corrected chi connectivity index (χ3v) is 3.82. The van der Waals surface area contributed by atoms with Crippen molar-refractivity contribution < 1.29 is 5.11 Å². The molecule has 0 amide bonds. The summed E-state index contributed by atoms with van der Waals surface area (Å²) < 4.78 is 1.83. The van der Waals surface area contributed by atoms with Crippen molar-refractivity contribution in [1.82, 2.24) is 14.5 Å². The fraction of sp³-hybridized carbons (Fsp3) is 0.111. The normalized spacial score (nSPS) is 14.0. The number of hydrogen-bond donors (Lipinski definition) is 1. The van der Waals surface area contributed by atoms with E-state index in [9.17, 15) is 5.11 Å². The zero-order valence-corrected chi connectivity index (χ0v) is 13.1. The molecule has 1 aromatic carbocycles. The van der Waals surface area contributed by atoms with Gasteiger partial charge in [0.1, 0.15) is 5.60 Å². The molecular formula is C18H16ClN3O. The topological polar surface area (TPSA) is 50.9 Å². The summed E-state index contributed by atoms with van der Waals surface area (Å²) in [5, 5.41) is 11.9. The number of hydrogen-bond acceptors (Lipinski definition) is 3.